The lowest BCUT2D eigenvalue weighted by atomic mass is 9.96. The molecule has 3 aromatic rings. The van der Waals surface area contributed by atoms with Gasteiger partial charge in [-0.25, -0.2) is 9.79 Å². The summed E-state index contributed by atoms with van der Waals surface area (Å²) in [5, 5.41) is 10.0. The van der Waals surface area contributed by atoms with Gasteiger partial charge in [-0.2, -0.15) is 0 Å². The Bertz CT molecular complexity index is 1540. The first-order valence-electron chi connectivity index (χ1n) is 11.3. The number of aromatic hydroxyl groups is 1. The summed E-state index contributed by atoms with van der Waals surface area (Å²) in [6.07, 6.45) is 1.72. The molecule has 0 spiro atoms. The number of carbonyl (C=O) groups is 1. The average Bonchev–Trinajstić information content (AvgIpc) is 3.14. The number of phenolic OH excluding ortho intramolecular Hbond substituents is 1. The van der Waals surface area contributed by atoms with Crippen molar-refractivity contribution < 1.29 is 24.1 Å². The van der Waals surface area contributed by atoms with Crippen LogP contribution in [0.5, 0.6) is 17.2 Å². The van der Waals surface area contributed by atoms with Crippen LogP contribution in [0.15, 0.2) is 61.9 Å². The number of benzene rings is 2. The molecule has 1 aromatic heterocycles. The van der Waals surface area contributed by atoms with E-state index in [-0.39, 0.29) is 17.9 Å². The zero-order valence-electron chi connectivity index (χ0n) is 20.2. The molecule has 8 nitrogen and oxygen atoms in total. The Hall–Kier alpha value is -3.37. The van der Waals surface area contributed by atoms with Crippen LogP contribution >= 0.6 is 27.3 Å². The summed E-state index contributed by atoms with van der Waals surface area (Å²) in [7, 11) is 1.57. The van der Waals surface area contributed by atoms with Crippen molar-refractivity contribution in [3.63, 3.8) is 0 Å². The molecule has 36 heavy (non-hydrogen) atoms. The van der Waals surface area contributed by atoms with E-state index in [2.05, 4.69) is 20.9 Å². The number of halogens is 1. The number of fused-ring (bicyclic) bond motifs is 1. The van der Waals surface area contributed by atoms with E-state index in [0.717, 1.165) is 0 Å². The minimum atomic E-state index is -0.733. The first kappa shape index (κ1) is 25.7. The highest BCUT2D eigenvalue weighted by Gasteiger charge is 2.33. The third-order valence-corrected chi connectivity index (χ3v) is 7.19. The Labute approximate surface area is 219 Å². The molecule has 1 aliphatic rings. The molecular formula is C26H25BrN2O6S. The normalized spacial score (nSPS) is 15.4. The fraction of sp³-hybridized carbons (Fsp3) is 0.269. The standard InChI is InChI=1S/C26H25BrN2O6S/c1-5-34-20-11-15(7-9-18(20)30)12-21-24(31)29-23(16-8-10-19(33-4)17(27)13-16)22(25(32)35-6-2)14(3)28-26(29)36-21/h7-13,23,30H,5-6H2,1-4H3/b21-12+/t23-/m0/s1. The number of allylic oxidation sites excluding steroid dienone is 1. The second-order valence-electron chi connectivity index (χ2n) is 7.86. The molecule has 0 fully saturated rings. The summed E-state index contributed by atoms with van der Waals surface area (Å²) in [4.78, 5) is 31.8. The Kier molecular flexibility index (Phi) is 7.65. The minimum Gasteiger partial charge on any atom is -0.504 e. The van der Waals surface area contributed by atoms with Crippen LogP contribution in [0.1, 0.15) is 37.9 Å². The van der Waals surface area contributed by atoms with Crippen LogP contribution in [0.25, 0.3) is 6.08 Å². The van der Waals surface area contributed by atoms with Gasteiger partial charge in [0.1, 0.15) is 5.75 Å². The van der Waals surface area contributed by atoms with Gasteiger partial charge in [-0.3, -0.25) is 9.36 Å². The molecule has 0 bridgehead atoms. The van der Waals surface area contributed by atoms with E-state index in [9.17, 15) is 14.7 Å². The van der Waals surface area contributed by atoms with Crippen LogP contribution in [0.3, 0.4) is 0 Å². The van der Waals surface area contributed by atoms with Crippen LogP contribution < -0.4 is 24.4 Å². The molecule has 2 aromatic carbocycles. The number of aromatic nitrogens is 1. The fourth-order valence-corrected chi connectivity index (χ4v) is 5.61. The quantitative estimate of drug-likeness (QED) is 0.434. The summed E-state index contributed by atoms with van der Waals surface area (Å²) in [5.41, 5.74) is 1.89. The maximum absolute atomic E-state index is 13.7. The largest absolute Gasteiger partial charge is 0.504 e. The van der Waals surface area contributed by atoms with Gasteiger partial charge in [-0.1, -0.05) is 23.5 Å². The highest BCUT2D eigenvalue weighted by Crippen LogP contribution is 2.35. The third-order valence-electron chi connectivity index (χ3n) is 5.59. The molecule has 10 heteroatoms. The zero-order chi connectivity index (χ0) is 26.0. The van der Waals surface area contributed by atoms with E-state index in [0.29, 0.717) is 54.3 Å². The lowest BCUT2D eigenvalue weighted by Gasteiger charge is -2.25. The lowest BCUT2D eigenvalue weighted by Crippen LogP contribution is -2.39. The summed E-state index contributed by atoms with van der Waals surface area (Å²) in [6, 6.07) is 9.58. The molecule has 1 aliphatic heterocycles. The maximum atomic E-state index is 13.7. The van der Waals surface area contributed by atoms with Gasteiger partial charge in [0.25, 0.3) is 5.56 Å². The van der Waals surface area contributed by atoms with Crippen LogP contribution in [0.2, 0.25) is 0 Å². The molecule has 1 N–H and O–H groups in total. The Morgan fingerprint density at radius 2 is 1.97 bits per heavy atom. The third kappa shape index (κ3) is 4.83. The number of hydrogen-bond donors (Lipinski definition) is 1. The number of esters is 1. The molecule has 2 heterocycles. The van der Waals surface area contributed by atoms with Crippen LogP contribution in [0, 0.1) is 0 Å². The zero-order valence-corrected chi connectivity index (χ0v) is 22.6. The van der Waals surface area contributed by atoms with Gasteiger partial charge in [0.15, 0.2) is 16.3 Å². The maximum Gasteiger partial charge on any atom is 0.338 e. The number of thiazole rings is 1. The number of rotatable bonds is 7. The van der Waals surface area contributed by atoms with Crippen molar-refractivity contribution in [2.45, 2.75) is 26.8 Å². The highest BCUT2D eigenvalue weighted by molar-refractivity contribution is 9.10. The van der Waals surface area contributed by atoms with Gasteiger partial charge < -0.3 is 19.3 Å². The predicted molar refractivity (Wildman–Crippen MR) is 140 cm³/mol. The van der Waals surface area contributed by atoms with Gasteiger partial charge in [0.2, 0.25) is 0 Å². The number of nitrogens with zero attached hydrogens (tertiary/aromatic N) is 2. The Balaban J connectivity index is 1.93. The Morgan fingerprint density at radius 1 is 1.19 bits per heavy atom. The molecule has 4 rings (SSSR count). The average molecular weight is 573 g/mol. The van der Waals surface area contributed by atoms with E-state index in [4.69, 9.17) is 14.2 Å². The first-order chi connectivity index (χ1) is 17.3. The summed E-state index contributed by atoms with van der Waals surface area (Å²) >= 11 is 4.73. The predicted octanol–water partition coefficient (Wildman–Crippen LogP) is 3.67. The highest BCUT2D eigenvalue weighted by atomic mass is 79.9. The van der Waals surface area contributed by atoms with Gasteiger partial charge >= 0.3 is 5.97 Å². The minimum absolute atomic E-state index is 0.0234. The molecule has 0 amide bonds. The number of ether oxygens (including phenoxy) is 3. The summed E-state index contributed by atoms with van der Waals surface area (Å²) in [5.74, 6) is 0.461. The van der Waals surface area contributed by atoms with E-state index < -0.39 is 12.0 Å². The smallest absolute Gasteiger partial charge is 0.338 e. The topological polar surface area (TPSA) is 99.4 Å². The van der Waals surface area contributed by atoms with Gasteiger partial charge in [0, 0.05) is 0 Å². The van der Waals surface area contributed by atoms with Gasteiger partial charge in [0.05, 0.1) is 46.6 Å². The van der Waals surface area contributed by atoms with Crippen molar-refractivity contribution in [1.29, 1.82) is 0 Å². The first-order valence-corrected chi connectivity index (χ1v) is 12.9. The SMILES string of the molecule is CCOC(=O)C1=C(C)N=c2s/c(=C/c3ccc(O)c(OCC)c3)c(=O)n2[C@H]1c1ccc(OC)c(Br)c1. The molecular weight excluding hydrogens is 548 g/mol. The van der Waals surface area contributed by atoms with Crippen LogP contribution in [0.4, 0.5) is 0 Å². The molecule has 1 atom stereocenters. The molecule has 0 unspecified atom stereocenters. The van der Waals surface area contributed by atoms with E-state index in [1.807, 2.05) is 19.1 Å². The van der Waals surface area contributed by atoms with Gasteiger partial charge in [-0.15, -0.1) is 0 Å². The molecule has 188 valence electrons. The number of methoxy groups -OCH3 is 1. The van der Waals surface area contributed by atoms with Crippen molar-refractivity contribution in [2.75, 3.05) is 20.3 Å². The van der Waals surface area contributed by atoms with Crippen molar-refractivity contribution in [3.8, 4) is 17.2 Å². The van der Waals surface area contributed by atoms with E-state index in [1.165, 1.54) is 22.0 Å². The molecule has 0 aliphatic carbocycles. The second kappa shape index (κ2) is 10.7. The van der Waals surface area contributed by atoms with Crippen molar-refractivity contribution >= 4 is 39.3 Å². The summed E-state index contributed by atoms with van der Waals surface area (Å²) in [6.45, 7) is 5.89. The van der Waals surface area contributed by atoms with Crippen molar-refractivity contribution in [3.05, 3.63) is 83.0 Å². The van der Waals surface area contributed by atoms with Crippen LogP contribution in [-0.4, -0.2) is 36.0 Å². The number of carbonyl (C=O) groups excluding carboxylic acids is 1. The summed E-state index contributed by atoms with van der Waals surface area (Å²) < 4.78 is 18.8. The van der Waals surface area contributed by atoms with Crippen molar-refractivity contribution in [2.24, 2.45) is 4.99 Å². The molecule has 0 saturated heterocycles. The fourth-order valence-electron chi connectivity index (χ4n) is 4.00. The Morgan fingerprint density at radius 3 is 2.64 bits per heavy atom. The molecule has 0 saturated carbocycles. The monoisotopic (exact) mass is 572 g/mol. The lowest BCUT2D eigenvalue weighted by molar-refractivity contribution is -0.139. The second-order valence-corrected chi connectivity index (χ2v) is 9.72. The van der Waals surface area contributed by atoms with E-state index >= 15 is 0 Å². The molecule has 0 radical (unpaired) electrons. The number of hydrogen-bond acceptors (Lipinski definition) is 8. The van der Waals surface area contributed by atoms with Gasteiger partial charge in [-0.05, 0) is 78.2 Å². The van der Waals surface area contributed by atoms with Crippen molar-refractivity contribution in [1.82, 2.24) is 4.57 Å². The van der Waals surface area contributed by atoms with E-state index in [1.54, 1.807) is 45.2 Å². The van der Waals surface area contributed by atoms with Crippen LogP contribution in [-0.2, 0) is 9.53 Å². The number of phenols is 1.